The molecule has 0 bridgehead atoms. The van der Waals surface area contributed by atoms with Gasteiger partial charge in [0.05, 0.1) is 19.8 Å². The molecule has 0 saturated heterocycles. The highest BCUT2D eigenvalue weighted by Gasteiger charge is 2.40. The van der Waals surface area contributed by atoms with E-state index < -0.39 is 13.7 Å². The number of aliphatic hydroxyl groups is 1. The second-order valence-corrected chi connectivity index (χ2v) is 13.4. The number of hydrogen-bond donors (Lipinski definition) is 2. The Hall–Kier alpha value is -1.61. The predicted octanol–water partition coefficient (Wildman–Crippen LogP) is 8.04. The van der Waals surface area contributed by atoms with E-state index in [0.29, 0.717) is 11.8 Å². The molecule has 5 rings (SSSR count). The van der Waals surface area contributed by atoms with Crippen LogP contribution in [0.1, 0.15) is 100 Å². The summed E-state index contributed by atoms with van der Waals surface area (Å²) < 4.78 is 10.5. The van der Waals surface area contributed by atoms with Crippen LogP contribution < -0.4 is 9.47 Å². The third kappa shape index (κ3) is 10.2. The van der Waals surface area contributed by atoms with Crippen LogP contribution in [0, 0.1) is 5.92 Å². The molecular formula is C32H49O4P. The highest BCUT2D eigenvalue weighted by molar-refractivity contribution is 7.50. The molecule has 2 N–H and O–H groups in total. The lowest BCUT2D eigenvalue weighted by Gasteiger charge is -2.43. The van der Waals surface area contributed by atoms with Gasteiger partial charge in [0, 0.05) is 8.15 Å². The van der Waals surface area contributed by atoms with Crippen LogP contribution in [-0.4, -0.2) is 42.6 Å². The van der Waals surface area contributed by atoms with Crippen molar-refractivity contribution < 1.29 is 19.5 Å². The number of hydrogen-bond acceptors (Lipinski definition) is 4. The average Bonchev–Trinajstić information content (AvgIpc) is 3.76. The second kappa shape index (κ2) is 14.5. The molecule has 1 atom stereocenters. The van der Waals surface area contributed by atoms with Crippen molar-refractivity contribution in [2.24, 2.45) is 5.92 Å². The van der Waals surface area contributed by atoms with Gasteiger partial charge in [-0.1, -0.05) is 57.2 Å². The van der Waals surface area contributed by atoms with Crippen LogP contribution >= 0.6 is 8.15 Å². The van der Waals surface area contributed by atoms with Crippen molar-refractivity contribution in [2.75, 3.05) is 27.0 Å². The first-order valence-electron chi connectivity index (χ1n) is 14.1. The molecule has 0 radical (unpaired) electrons. The van der Waals surface area contributed by atoms with E-state index in [9.17, 15) is 10.00 Å². The summed E-state index contributed by atoms with van der Waals surface area (Å²) in [4.78, 5) is 9.17. The largest absolute Gasteiger partial charge is 0.497 e. The summed E-state index contributed by atoms with van der Waals surface area (Å²) >= 11 is 0. The topological polar surface area (TPSA) is 58.9 Å². The van der Waals surface area contributed by atoms with Gasteiger partial charge in [-0.05, 0) is 111 Å². The second-order valence-electron chi connectivity index (χ2n) is 11.6. The summed E-state index contributed by atoms with van der Waals surface area (Å²) in [5.41, 5.74) is 3.72. The first-order valence-corrected chi connectivity index (χ1v) is 16.1. The van der Waals surface area contributed by atoms with Gasteiger partial charge >= 0.3 is 0 Å². The Kier molecular flexibility index (Phi) is 11.7. The summed E-state index contributed by atoms with van der Waals surface area (Å²) in [6, 6.07) is 14.5. The maximum absolute atomic E-state index is 10.1. The van der Waals surface area contributed by atoms with Crippen molar-refractivity contribution >= 4 is 8.15 Å². The van der Waals surface area contributed by atoms with Gasteiger partial charge in [0.15, 0.2) is 0 Å². The Morgan fingerprint density at radius 1 is 0.865 bits per heavy atom. The Labute approximate surface area is 226 Å². The molecule has 5 heteroatoms. The van der Waals surface area contributed by atoms with Crippen molar-refractivity contribution in [3.63, 3.8) is 0 Å². The molecule has 3 saturated carbocycles. The highest BCUT2D eigenvalue weighted by Crippen LogP contribution is 2.48. The number of benzene rings is 2. The fourth-order valence-corrected chi connectivity index (χ4v) is 5.90. The van der Waals surface area contributed by atoms with Gasteiger partial charge in [-0.15, -0.1) is 0 Å². The third-order valence-corrected chi connectivity index (χ3v) is 8.64. The minimum Gasteiger partial charge on any atom is -0.497 e. The van der Waals surface area contributed by atoms with Gasteiger partial charge in [0.1, 0.15) is 11.5 Å². The molecule has 0 aromatic heterocycles. The zero-order valence-electron chi connectivity index (χ0n) is 23.7. The predicted molar refractivity (Wildman–Crippen MR) is 156 cm³/mol. The fraction of sp³-hybridized carbons (Fsp3) is 0.625. The smallest absolute Gasteiger partial charge is 0.119 e. The molecule has 1 unspecified atom stereocenters. The van der Waals surface area contributed by atoms with Crippen LogP contribution in [0.5, 0.6) is 11.5 Å². The van der Waals surface area contributed by atoms with Crippen LogP contribution in [-0.2, 0) is 6.42 Å². The normalized spacial score (nSPS) is 26.8. The number of aryl methyl sites for hydroxylation is 1. The van der Waals surface area contributed by atoms with E-state index in [1.807, 2.05) is 31.8 Å². The molecule has 2 aromatic carbocycles. The van der Waals surface area contributed by atoms with Crippen LogP contribution in [0.4, 0.5) is 0 Å². The van der Waals surface area contributed by atoms with Crippen LogP contribution in [0.2, 0.25) is 0 Å². The van der Waals surface area contributed by atoms with Crippen LogP contribution in [0.3, 0.4) is 0 Å². The van der Waals surface area contributed by atoms with Gasteiger partial charge in [-0.2, -0.15) is 0 Å². The molecule has 206 valence electrons. The average molecular weight is 529 g/mol. The van der Waals surface area contributed by atoms with E-state index in [2.05, 4.69) is 31.2 Å². The van der Waals surface area contributed by atoms with Gasteiger partial charge < -0.3 is 19.5 Å². The summed E-state index contributed by atoms with van der Waals surface area (Å²) in [5.74, 6) is 3.94. The first kappa shape index (κ1) is 29.9. The van der Waals surface area contributed by atoms with E-state index in [-0.39, 0.29) is 0 Å². The lowest BCUT2D eigenvalue weighted by atomic mass is 9.66. The molecule has 3 aliphatic carbocycles. The molecule has 3 aliphatic rings. The van der Waals surface area contributed by atoms with E-state index in [0.717, 1.165) is 42.8 Å². The standard InChI is InChI=1S/C19H28O2.C10H15O2P.C3H6/c1-13-4-6-14(7-5-13)18-10-16(21-3)8-9-17(18)15-11-19(2,20)12-15;1-12-10-5-3-4-9(8-10)6-7-13(2)11;1-2-3-1/h8-10,13-15,20H,4-7,11-12H2,1-3H3;3-5,8,11H,6-7H2,1-2H3;1-3H2. The summed E-state index contributed by atoms with van der Waals surface area (Å²) in [7, 11) is 2.63. The maximum Gasteiger partial charge on any atom is 0.119 e. The molecule has 37 heavy (non-hydrogen) atoms. The molecule has 0 spiro atoms. The first-order chi connectivity index (χ1) is 17.7. The van der Waals surface area contributed by atoms with Crippen molar-refractivity contribution in [3.05, 3.63) is 59.2 Å². The van der Waals surface area contributed by atoms with Gasteiger partial charge in [0.2, 0.25) is 0 Å². The van der Waals surface area contributed by atoms with E-state index >= 15 is 0 Å². The monoisotopic (exact) mass is 528 g/mol. The Balaban J connectivity index is 0.000000202. The summed E-state index contributed by atoms with van der Waals surface area (Å²) in [6.45, 7) is 6.19. The van der Waals surface area contributed by atoms with Crippen LogP contribution in [0.15, 0.2) is 42.5 Å². The van der Waals surface area contributed by atoms with Gasteiger partial charge in [-0.3, -0.25) is 0 Å². The number of rotatable bonds is 7. The molecule has 2 aromatic rings. The van der Waals surface area contributed by atoms with Gasteiger partial charge in [0.25, 0.3) is 0 Å². The SMILES string of the molecule is C1CC1.COc1ccc(C2CC(C)(O)C2)c(C2CCC(C)CC2)c1.COc1cccc(CCP(C)O)c1. The Bertz CT molecular complexity index is 937. The van der Waals surface area contributed by atoms with Crippen LogP contribution in [0.25, 0.3) is 0 Å². The summed E-state index contributed by atoms with van der Waals surface area (Å²) in [5, 5.41) is 10.1. The number of methoxy groups -OCH3 is 2. The fourth-order valence-electron chi connectivity index (χ4n) is 5.32. The lowest BCUT2D eigenvalue weighted by molar-refractivity contribution is -0.0316. The third-order valence-electron chi connectivity index (χ3n) is 7.77. The van der Waals surface area contributed by atoms with Crippen molar-refractivity contribution in [1.29, 1.82) is 0 Å². The molecule has 3 fully saturated rings. The minimum absolute atomic E-state index is 0.455. The molecule has 0 aliphatic heterocycles. The number of ether oxygens (including phenoxy) is 2. The zero-order valence-corrected chi connectivity index (χ0v) is 24.6. The highest BCUT2D eigenvalue weighted by atomic mass is 31.1. The van der Waals surface area contributed by atoms with Crippen molar-refractivity contribution in [3.8, 4) is 11.5 Å². The minimum atomic E-state index is -0.779. The Morgan fingerprint density at radius 2 is 1.49 bits per heavy atom. The zero-order chi connectivity index (χ0) is 26.8. The molecule has 0 heterocycles. The summed E-state index contributed by atoms with van der Waals surface area (Å²) in [6.07, 6.45) is 13.4. The quantitative estimate of drug-likeness (QED) is 0.357. The van der Waals surface area contributed by atoms with E-state index in [4.69, 9.17) is 9.47 Å². The molecule has 0 amide bonds. The maximum atomic E-state index is 10.1. The van der Waals surface area contributed by atoms with E-state index in [1.165, 1.54) is 61.6 Å². The molecule has 4 nitrogen and oxygen atoms in total. The van der Waals surface area contributed by atoms with Crippen molar-refractivity contribution in [1.82, 2.24) is 0 Å². The Morgan fingerprint density at radius 3 is 2.03 bits per heavy atom. The van der Waals surface area contributed by atoms with Crippen molar-refractivity contribution in [2.45, 2.75) is 95.5 Å². The van der Waals surface area contributed by atoms with Gasteiger partial charge in [-0.25, -0.2) is 0 Å². The van der Waals surface area contributed by atoms with E-state index in [1.54, 1.807) is 14.2 Å². The lowest BCUT2D eigenvalue weighted by Crippen LogP contribution is -2.39. The molecular weight excluding hydrogens is 479 g/mol.